The second-order valence-electron chi connectivity index (χ2n) is 16.8. The first kappa shape index (κ1) is 49.8. The van der Waals surface area contributed by atoms with Gasteiger partial charge in [0.2, 0.25) is 0 Å². The van der Waals surface area contributed by atoms with Crippen molar-refractivity contribution >= 4 is 0 Å². The number of hydrogen-bond donors (Lipinski definition) is 2. The minimum atomic E-state index is 0. The molecule has 0 bridgehead atoms. The average Bonchev–Trinajstić information content (AvgIpc) is 3.19. The molecule has 0 aromatic heterocycles. The summed E-state index contributed by atoms with van der Waals surface area (Å²) >= 11 is 0. The molecule has 6 aromatic carbocycles. The topological polar surface area (TPSA) is 46.9 Å². The number of phenols is 2. The van der Waals surface area contributed by atoms with Crippen molar-refractivity contribution in [3.05, 3.63) is 191 Å². The van der Waals surface area contributed by atoms with Gasteiger partial charge in [-0.1, -0.05) is 88.4 Å². The van der Waals surface area contributed by atoms with Crippen LogP contribution in [0, 0.1) is 41.5 Å². The minimum Gasteiger partial charge on any atom is -0.507 e. The maximum absolute atomic E-state index is 11.9. The minimum absolute atomic E-state index is 0. The van der Waals surface area contributed by atoms with E-state index in [0.717, 1.165) is 69.7 Å². The molecule has 0 spiro atoms. The number of benzene rings is 6. The molecule has 0 fully saturated rings. The molecule has 312 valence electrons. The number of likely N-dealkylation sites (N-methyl/N-ethyl adjacent to an activating group) is 1. The van der Waals surface area contributed by atoms with Gasteiger partial charge in [-0.2, -0.15) is 49.2 Å². The Morgan fingerprint density at radius 1 is 0.517 bits per heavy atom. The van der Waals surface area contributed by atoms with Crippen LogP contribution in [0.15, 0.2) is 121 Å². The van der Waals surface area contributed by atoms with E-state index in [-0.39, 0.29) is 25.8 Å². The van der Waals surface area contributed by atoms with Gasteiger partial charge in [0.25, 0.3) is 0 Å². The van der Waals surface area contributed by atoms with Crippen molar-refractivity contribution in [3.8, 4) is 33.8 Å². The molecule has 0 unspecified atom stereocenters. The van der Waals surface area contributed by atoms with E-state index < -0.39 is 0 Å². The van der Waals surface area contributed by atoms with E-state index in [1.165, 1.54) is 27.8 Å². The van der Waals surface area contributed by atoms with Crippen LogP contribution in [0.2, 0.25) is 0 Å². The molecule has 2 N–H and O–H groups in total. The summed E-state index contributed by atoms with van der Waals surface area (Å²) in [5, 5.41) is 23.5. The maximum atomic E-state index is 11.9. The standard InChI is InChI=1S/C41H54N2O2.2C7H7.Hf/c1-26(2)34-15-12-16-35(27(3)4)39(34)37-24-29(6)22-33(41(37)45)25-43(20-19-42(9)10)18-17-32-21-28(5)23-36(40(32)44)38-30(7)13-11-14-31(38)8;2*1-7-5-3-2-4-6-7;/h11-16,21-24,26-27,44-45H,17-20,25H2,1-10H3;2*2-6H,1H2;/q;2*-1;+4. The summed E-state index contributed by atoms with van der Waals surface area (Å²) in [5.74, 6) is 1.43. The molecule has 0 saturated heterocycles. The number of nitrogens with zero attached hydrogens (tertiary/aromatic N) is 2. The van der Waals surface area contributed by atoms with E-state index in [2.05, 4.69) is 154 Å². The fraction of sp³-hybridized carbons (Fsp3) is 0.309. The zero-order valence-electron chi connectivity index (χ0n) is 37.9. The van der Waals surface area contributed by atoms with E-state index in [0.29, 0.717) is 36.3 Å². The summed E-state index contributed by atoms with van der Waals surface area (Å²) in [7, 11) is 4.19. The summed E-state index contributed by atoms with van der Waals surface area (Å²) in [5.41, 5.74) is 15.3. The van der Waals surface area contributed by atoms with Gasteiger partial charge < -0.3 is 15.1 Å². The van der Waals surface area contributed by atoms with E-state index in [1.807, 2.05) is 60.7 Å². The van der Waals surface area contributed by atoms with Crippen LogP contribution in [-0.2, 0) is 38.8 Å². The number of rotatable bonds is 12. The Morgan fingerprint density at radius 2 is 0.950 bits per heavy atom. The number of phenolic OH excluding ortho intramolecular Hbond substituents is 2. The van der Waals surface area contributed by atoms with E-state index in [4.69, 9.17) is 0 Å². The fourth-order valence-electron chi connectivity index (χ4n) is 7.59. The number of aryl methyl sites for hydroxylation is 4. The molecule has 6 rings (SSSR count). The second kappa shape index (κ2) is 24.0. The third kappa shape index (κ3) is 14.3. The zero-order valence-corrected chi connectivity index (χ0v) is 41.5. The maximum Gasteiger partial charge on any atom is 4.00 e. The summed E-state index contributed by atoms with van der Waals surface area (Å²) in [6, 6.07) is 41.1. The first-order valence-electron chi connectivity index (χ1n) is 21.0. The molecule has 0 aliphatic heterocycles. The van der Waals surface area contributed by atoms with Crippen LogP contribution < -0.4 is 0 Å². The molecule has 0 aliphatic carbocycles. The van der Waals surface area contributed by atoms with Crippen LogP contribution in [0.5, 0.6) is 11.5 Å². The van der Waals surface area contributed by atoms with Crippen LogP contribution in [-0.4, -0.2) is 53.7 Å². The summed E-state index contributed by atoms with van der Waals surface area (Å²) in [6.45, 7) is 28.0. The van der Waals surface area contributed by atoms with Gasteiger partial charge in [0.15, 0.2) is 0 Å². The molecule has 60 heavy (non-hydrogen) atoms. The molecule has 4 nitrogen and oxygen atoms in total. The predicted molar refractivity (Wildman–Crippen MR) is 254 cm³/mol. The van der Waals surface area contributed by atoms with E-state index in [1.54, 1.807) is 0 Å². The second-order valence-corrected chi connectivity index (χ2v) is 16.8. The first-order valence-corrected chi connectivity index (χ1v) is 21.0. The van der Waals surface area contributed by atoms with Crippen LogP contribution in [0.25, 0.3) is 22.3 Å². The number of aromatic hydroxyl groups is 2. The Balaban J connectivity index is 0.000000537. The molecule has 0 atom stereocenters. The largest absolute Gasteiger partial charge is 4.00 e. The van der Waals surface area contributed by atoms with Gasteiger partial charge in [-0.15, -0.1) is 24.3 Å². The van der Waals surface area contributed by atoms with E-state index >= 15 is 0 Å². The average molecular weight is 968 g/mol. The first-order chi connectivity index (χ1) is 28.1. The number of hydrogen-bond acceptors (Lipinski definition) is 4. The van der Waals surface area contributed by atoms with Crippen molar-refractivity contribution in [3.63, 3.8) is 0 Å². The molecule has 0 saturated carbocycles. The molecule has 0 aliphatic rings. The van der Waals surface area contributed by atoms with Gasteiger partial charge in [-0.25, -0.2) is 0 Å². The Hall–Kier alpha value is -4.55. The Kier molecular flexibility index (Phi) is 20.0. The third-order valence-corrected chi connectivity index (χ3v) is 10.7. The van der Waals surface area contributed by atoms with Crippen molar-refractivity contribution in [1.82, 2.24) is 9.80 Å². The molecule has 6 aromatic rings. The summed E-state index contributed by atoms with van der Waals surface area (Å²) in [6.07, 6.45) is 0.714. The van der Waals surface area contributed by atoms with Gasteiger partial charge in [-0.05, 0) is 122 Å². The Labute approximate surface area is 382 Å². The SMILES string of the molecule is Cc1cc(CCN(CCN(C)C)Cc2cc(C)cc(-c3c(C(C)C)cccc3C(C)C)c2O)c(O)c(-c2c(C)cccc2C)c1.[CH2-]c1ccccc1.[CH2-]c1ccccc1.[Hf+4]. The quantitative estimate of drug-likeness (QED) is 0.0948. The van der Waals surface area contributed by atoms with Crippen molar-refractivity contribution in [2.24, 2.45) is 0 Å². The van der Waals surface area contributed by atoms with Crippen LogP contribution in [0.1, 0.15) is 95.2 Å². The Morgan fingerprint density at radius 3 is 1.38 bits per heavy atom. The molecule has 0 amide bonds. The predicted octanol–water partition coefficient (Wildman–Crippen LogP) is 13.3. The normalized spacial score (nSPS) is 10.9. The zero-order chi connectivity index (χ0) is 43.2. The van der Waals surface area contributed by atoms with Gasteiger partial charge in [0, 0.05) is 42.9 Å². The van der Waals surface area contributed by atoms with Crippen molar-refractivity contribution in [2.45, 2.75) is 80.2 Å². The van der Waals surface area contributed by atoms with Crippen molar-refractivity contribution in [2.75, 3.05) is 33.7 Å². The monoisotopic (exact) mass is 968 g/mol. The van der Waals surface area contributed by atoms with Gasteiger partial charge >= 0.3 is 25.8 Å². The van der Waals surface area contributed by atoms with Crippen molar-refractivity contribution in [1.29, 1.82) is 0 Å². The molecular formula is C55H68HfN2O2+2. The van der Waals surface area contributed by atoms with Gasteiger partial charge in [0.05, 0.1) is 0 Å². The molecule has 0 radical (unpaired) electrons. The third-order valence-electron chi connectivity index (χ3n) is 10.7. The molecule has 0 heterocycles. The molecular weight excluding hydrogens is 899 g/mol. The molecule has 5 heteroatoms. The van der Waals surface area contributed by atoms with Crippen LogP contribution >= 0.6 is 0 Å². The smallest absolute Gasteiger partial charge is 0.507 e. The van der Waals surface area contributed by atoms with E-state index in [9.17, 15) is 10.2 Å². The van der Waals surface area contributed by atoms with Crippen LogP contribution in [0.3, 0.4) is 0 Å². The van der Waals surface area contributed by atoms with Gasteiger partial charge in [-0.3, -0.25) is 4.90 Å². The van der Waals surface area contributed by atoms with Crippen molar-refractivity contribution < 1.29 is 36.1 Å². The summed E-state index contributed by atoms with van der Waals surface area (Å²) in [4.78, 5) is 4.61. The Bertz CT molecular complexity index is 2140. The fourth-order valence-corrected chi connectivity index (χ4v) is 7.59. The van der Waals surface area contributed by atoms with Gasteiger partial charge in [0.1, 0.15) is 11.5 Å². The summed E-state index contributed by atoms with van der Waals surface area (Å²) < 4.78 is 0. The van der Waals surface area contributed by atoms with Crippen LogP contribution in [0.4, 0.5) is 0 Å².